The van der Waals surface area contributed by atoms with Gasteiger partial charge in [-0.2, -0.15) is 0 Å². The second-order valence-electron chi connectivity index (χ2n) is 6.62. The van der Waals surface area contributed by atoms with Crippen LogP contribution in [0.4, 0.5) is 0 Å². The van der Waals surface area contributed by atoms with Crippen LogP contribution in [0.5, 0.6) is 0 Å². The highest BCUT2D eigenvalue weighted by molar-refractivity contribution is 4.82. The van der Waals surface area contributed by atoms with Crippen LogP contribution in [-0.2, 0) is 0 Å². The molecule has 1 unspecified atom stereocenters. The Morgan fingerprint density at radius 3 is 1.71 bits per heavy atom. The summed E-state index contributed by atoms with van der Waals surface area (Å²) in [5.74, 6) is 0.895. The molecule has 0 aliphatic rings. The molecule has 14 heavy (non-hydrogen) atoms. The molecule has 1 atom stereocenters. The van der Waals surface area contributed by atoms with Gasteiger partial charge >= 0.3 is 0 Å². The molecule has 0 spiro atoms. The molecule has 0 heterocycles. The van der Waals surface area contributed by atoms with E-state index in [1.54, 1.807) is 0 Å². The zero-order valence-corrected chi connectivity index (χ0v) is 11.4. The summed E-state index contributed by atoms with van der Waals surface area (Å²) >= 11 is 0. The van der Waals surface area contributed by atoms with Crippen molar-refractivity contribution in [2.75, 3.05) is 0 Å². The van der Waals surface area contributed by atoms with Gasteiger partial charge in [-0.1, -0.05) is 67.7 Å². The summed E-state index contributed by atoms with van der Waals surface area (Å²) in [6.07, 6.45) is 5.38. The lowest BCUT2D eigenvalue weighted by Crippen LogP contribution is -2.28. The molecule has 0 saturated carbocycles. The minimum Gasteiger partial charge on any atom is -0.0654 e. The van der Waals surface area contributed by atoms with Crippen LogP contribution in [0.2, 0.25) is 0 Å². The fourth-order valence-corrected chi connectivity index (χ4v) is 3.01. The van der Waals surface area contributed by atoms with Crippen LogP contribution in [-0.4, -0.2) is 0 Å². The summed E-state index contributed by atoms with van der Waals surface area (Å²) < 4.78 is 0. The average Bonchev–Trinajstić information content (AvgIpc) is 1.94. The minimum absolute atomic E-state index is 0.463. The fraction of sp³-hybridized carbons (Fsp3) is 1.00. The van der Waals surface area contributed by atoms with Crippen LogP contribution < -0.4 is 0 Å². The SMILES string of the molecule is CCCC(CC)C(C)(C)CC(C)(C)C. The minimum atomic E-state index is 0.463. The van der Waals surface area contributed by atoms with Gasteiger partial charge in [0.2, 0.25) is 0 Å². The summed E-state index contributed by atoms with van der Waals surface area (Å²) in [6, 6.07) is 0. The third kappa shape index (κ3) is 5.02. The van der Waals surface area contributed by atoms with E-state index in [0.717, 1.165) is 5.92 Å². The molecular formula is C14H30. The quantitative estimate of drug-likeness (QED) is 0.564. The van der Waals surface area contributed by atoms with Gasteiger partial charge in [0.05, 0.1) is 0 Å². The van der Waals surface area contributed by atoms with Gasteiger partial charge < -0.3 is 0 Å². The number of hydrogen-bond donors (Lipinski definition) is 0. The molecule has 0 aromatic rings. The molecule has 0 heteroatoms. The van der Waals surface area contributed by atoms with Crippen molar-refractivity contribution in [1.82, 2.24) is 0 Å². The maximum absolute atomic E-state index is 2.45. The monoisotopic (exact) mass is 198 g/mol. The first kappa shape index (κ1) is 14.0. The Labute approximate surface area is 91.5 Å². The highest BCUT2D eigenvalue weighted by atomic mass is 14.4. The van der Waals surface area contributed by atoms with E-state index in [0.29, 0.717) is 10.8 Å². The Morgan fingerprint density at radius 1 is 0.929 bits per heavy atom. The molecule has 0 aromatic carbocycles. The molecule has 0 aromatic heterocycles. The predicted molar refractivity (Wildman–Crippen MR) is 66.5 cm³/mol. The van der Waals surface area contributed by atoms with Gasteiger partial charge in [-0.3, -0.25) is 0 Å². The second kappa shape index (κ2) is 5.19. The molecule has 0 aliphatic heterocycles. The van der Waals surface area contributed by atoms with Gasteiger partial charge in [0.25, 0.3) is 0 Å². The van der Waals surface area contributed by atoms with Gasteiger partial charge in [-0.25, -0.2) is 0 Å². The van der Waals surface area contributed by atoms with Crippen molar-refractivity contribution in [2.45, 2.75) is 74.1 Å². The van der Waals surface area contributed by atoms with Gasteiger partial charge in [-0.05, 0) is 23.2 Å². The summed E-state index contributed by atoms with van der Waals surface area (Å²) in [4.78, 5) is 0. The van der Waals surface area contributed by atoms with Gasteiger partial charge in [-0.15, -0.1) is 0 Å². The van der Waals surface area contributed by atoms with Crippen molar-refractivity contribution >= 4 is 0 Å². The standard InChI is InChI=1S/C14H30/c1-8-10-12(9-2)14(6,7)11-13(3,4)5/h12H,8-11H2,1-7H3. The topological polar surface area (TPSA) is 0 Å². The third-order valence-corrected chi connectivity index (χ3v) is 3.22. The van der Waals surface area contributed by atoms with Crippen LogP contribution in [0.3, 0.4) is 0 Å². The second-order valence-corrected chi connectivity index (χ2v) is 6.62. The average molecular weight is 198 g/mol. The van der Waals surface area contributed by atoms with E-state index in [9.17, 15) is 0 Å². The van der Waals surface area contributed by atoms with E-state index in [1.807, 2.05) is 0 Å². The lowest BCUT2D eigenvalue weighted by molar-refractivity contribution is 0.119. The van der Waals surface area contributed by atoms with Crippen LogP contribution >= 0.6 is 0 Å². The van der Waals surface area contributed by atoms with Gasteiger partial charge in [0, 0.05) is 0 Å². The van der Waals surface area contributed by atoms with E-state index < -0.39 is 0 Å². The van der Waals surface area contributed by atoms with Crippen LogP contribution in [0.15, 0.2) is 0 Å². The summed E-state index contributed by atoms with van der Waals surface area (Å²) in [6.45, 7) is 16.6. The molecule has 0 radical (unpaired) electrons. The van der Waals surface area contributed by atoms with E-state index in [-0.39, 0.29) is 0 Å². The molecule has 0 N–H and O–H groups in total. The maximum Gasteiger partial charge on any atom is -0.0321 e. The molecule has 0 rings (SSSR count). The first-order valence-corrected chi connectivity index (χ1v) is 6.23. The predicted octanol–water partition coefficient (Wildman–Crippen LogP) is 5.28. The van der Waals surface area contributed by atoms with Crippen molar-refractivity contribution in [1.29, 1.82) is 0 Å². The number of hydrogen-bond acceptors (Lipinski definition) is 0. The third-order valence-electron chi connectivity index (χ3n) is 3.22. The van der Waals surface area contributed by atoms with Crippen LogP contribution in [0, 0.1) is 16.7 Å². The Balaban J connectivity index is 4.40. The van der Waals surface area contributed by atoms with Gasteiger partial charge in [0.1, 0.15) is 0 Å². The molecule has 0 saturated heterocycles. The maximum atomic E-state index is 2.45. The fourth-order valence-electron chi connectivity index (χ4n) is 3.01. The smallest absolute Gasteiger partial charge is 0.0321 e. The first-order chi connectivity index (χ1) is 6.23. The highest BCUT2D eigenvalue weighted by Crippen LogP contribution is 2.42. The van der Waals surface area contributed by atoms with Crippen molar-refractivity contribution in [3.05, 3.63) is 0 Å². The van der Waals surface area contributed by atoms with Crippen LogP contribution in [0.25, 0.3) is 0 Å². The molecule has 0 amide bonds. The Morgan fingerprint density at radius 2 is 1.43 bits per heavy atom. The lowest BCUT2D eigenvalue weighted by atomic mass is 9.67. The van der Waals surface area contributed by atoms with Crippen molar-refractivity contribution in [2.24, 2.45) is 16.7 Å². The van der Waals surface area contributed by atoms with E-state index in [2.05, 4.69) is 48.5 Å². The Kier molecular flexibility index (Phi) is 5.19. The molecule has 86 valence electrons. The zero-order chi connectivity index (χ0) is 11.4. The molecule has 0 nitrogen and oxygen atoms in total. The normalized spacial score (nSPS) is 15.6. The van der Waals surface area contributed by atoms with Crippen LogP contribution in [0.1, 0.15) is 74.1 Å². The highest BCUT2D eigenvalue weighted by Gasteiger charge is 2.31. The van der Waals surface area contributed by atoms with Crippen molar-refractivity contribution in [3.63, 3.8) is 0 Å². The Hall–Kier alpha value is 0. The Bertz CT molecular complexity index is 148. The number of rotatable bonds is 5. The zero-order valence-electron chi connectivity index (χ0n) is 11.4. The van der Waals surface area contributed by atoms with Crippen molar-refractivity contribution < 1.29 is 0 Å². The molecular weight excluding hydrogens is 168 g/mol. The van der Waals surface area contributed by atoms with Crippen molar-refractivity contribution in [3.8, 4) is 0 Å². The summed E-state index contributed by atoms with van der Waals surface area (Å²) in [5.41, 5.74) is 0.966. The lowest BCUT2D eigenvalue weighted by Gasteiger charge is -2.39. The van der Waals surface area contributed by atoms with E-state index in [1.165, 1.54) is 25.7 Å². The van der Waals surface area contributed by atoms with Gasteiger partial charge in [0.15, 0.2) is 0 Å². The molecule has 0 fully saturated rings. The summed E-state index contributed by atoms with van der Waals surface area (Å²) in [5, 5.41) is 0. The largest absolute Gasteiger partial charge is 0.0654 e. The van der Waals surface area contributed by atoms with E-state index >= 15 is 0 Å². The van der Waals surface area contributed by atoms with E-state index in [4.69, 9.17) is 0 Å². The summed E-state index contributed by atoms with van der Waals surface area (Å²) in [7, 11) is 0. The molecule has 0 aliphatic carbocycles. The first-order valence-electron chi connectivity index (χ1n) is 6.23. The molecule has 0 bridgehead atoms.